The Hall–Kier alpha value is -1.68. The number of fused-ring (bicyclic) bond motifs is 1. The molecule has 0 atom stereocenters. The van der Waals surface area contributed by atoms with Crippen LogP contribution in [0.4, 0.5) is 4.39 Å². The molecule has 0 radical (unpaired) electrons. The van der Waals surface area contributed by atoms with E-state index >= 15 is 0 Å². The smallest absolute Gasteiger partial charge is 0.140 e. The van der Waals surface area contributed by atoms with Gasteiger partial charge in [-0.2, -0.15) is 0 Å². The molecule has 0 aliphatic carbocycles. The third kappa shape index (κ3) is 1.42. The maximum Gasteiger partial charge on any atom is 0.140 e. The Morgan fingerprint density at radius 1 is 1.38 bits per heavy atom. The first-order chi connectivity index (χ1) is 7.86. The molecule has 0 amide bonds. The van der Waals surface area contributed by atoms with Gasteiger partial charge in [0.05, 0.1) is 5.39 Å². The largest absolute Gasteiger partial charge is 0.345 e. The minimum atomic E-state index is -0.215. The van der Waals surface area contributed by atoms with Crippen LogP contribution in [0.15, 0.2) is 24.5 Å². The van der Waals surface area contributed by atoms with Crippen molar-refractivity contribution in [2.75, 3.05) is 13.1 Å². The highest BCUT2D eigenvalue weighted by Gasteiger charge is 2.14. The van der Waals surface area contributed by atoms with Gasteiger partial charge in [0.1, 0.15) is 11.5 Å². The lowest BCUT2D eigenvalue weighted by atomic mass is 10.0. The number of hydrogen-bond acceptors (Lipinski definition) is 2. The van der Waals surface area contributed by atoms with Gasteiger partial charge in [-0.15, -0.1) is 0 Å². The van der Waals surface area contributed by atoms with E-state index in [4.69, 9.17) is 0 Å². The van der Waals surface area contributed by atoms with Gasteiger partial charge < -0.3 is 10.3 Å². The van der Waals surface area contributed by atoms with Crippen molar-refractivity contribution in [3.8, 4) is 0 Å². The fraction of sp³-hybridized carbons (Fsp3) is 0.250. The van der Waals surface area contributed by atoms with Crippen LogP contribution in [0, 0.1) is 5.82 Å². The van der Waals surface area contributed by atoms with Crippen molar-refractivity contribution in [3.05, 3.63) is 35.9 Å². The Morgan fingerprint density at radius 3 is 3.12 bits per heavy atom. The van der Waals surface area contributed by atoms with Crippen molar-refractivity contribution in [1.29, 1.82) is 0 Å². The van der Waals surface area contributed by atoms with E-state index in [2.05, 4.69) is 21.4 Å². The van der Waals surface area contributed by atoms with E-state index in [0.717, 1.165) is 30.6 Å². The number of halogens is 1. The molecule has 0 saturated heterocycles. The van der Waals surface area contributed by atoms with Gasteiger partial charge in [0, 0.05) is 24.5 Å². The molecular weight excluding hydrogens is 205 g/mol. The first-order valence-electron chi connectivity index (χ1n) is 5.38. The molecule has 1 aliphatic heterocycles. The lowest BCUT2D eigenvalue weighted by Crippen LogP contribution is -2.21. The normalized spacial score (nSPS) is 16.4. The Labute approximate surface area is 92.4 Å². The monoisotopic (exact) mass is 217 g/mol. The molecule has 4 heteroatoms. The molecule has 1 aliphatic rings. The van der Waals surface area contributed by atoms with Crippen LogP contribution in [-0.2, 0) is 0 Å². The first-order valence-corrected chi connectivity index (χ1v) is 5.38. The molecule has 82 valence electrons. The molecule has 2 aromatic rings. The minimum Gasteiger partial charge on any atom is -0.345 e. The molecule has 0 aromatic carbocycles. The zero-order chi connectivity index (χ0) is 11.0. The van der Waals surface area contributed by atoms with Crippen LogP contribution in [0.3, 0.4) is 0 Å². The standard InChI is InChI=1S/C12H12FN3/c13-10-3-5-15-12-11(10)9(7-16-12)8-2-1-4-14-6-8/h2-3,5,7,14H,1,4,6H2,(H,15,16). The van der Waals surface area contributed by atoms with E-state index in [1.54, 1.807) is 0 Å². The average molecular weight is 217 g/mol. The average Bonchev–Trinajstić information content (AvgIpc) is 2.75. The second-order valence-corrected chi connectivity index (χ2v) is 3.91. The second-order valence-electron chi connectivity index (χ2n) is 3.91. The Kier molecular flexibility index (Phi) is 2.22. The number of rotatable bonds is 1. The molecule has 2 aromatic heterocycles. The van der Waals surface area contributed by atoms with Crippen molar-refractivity contribution in [3.63, 3.8) is 0 Å². The van der Waals surface area contributed by atoms with E-state index in [9.17, 15) is 4.39 Å². The molecule has 0 spiro atoms. The fourth-order valence-electron chi connectivity index (χ4n) is 2.12. The maximum atomic E-state index is 13.7. The lowest BCUT2D eigenvalue weighted by molar-refractivity contribution is 0.638. The van der Waals surface area contributed by atoms with Crippen LogP contribution >= 0.6 is 0 Å². The van der Waals surface area contributed by atoms with Crippen LogP contribution in [0.25, 0.3) is 16.6 Å². The molecule has 3 rings (SSSR count). The number of nitrogens with one attached hydrogen (secondary N) is 2. The van der Waals surface area contributed by atoms with Crippen LogP contribution in [0.2, 0.25) is 0 Å². The second kappa shape index (κ2) is 3.72. The summed E-state index contributed by atoms with van der Waals surface area (Å²) in [7, 11) is 0. The van der Waals surface area contributed by atoms with Gasteiger partial charge in [0.15, 0.2) is 0 Å². The minimum absolute atomic E-state index is 0.215. The van der Waals surface area contributed by atoms with E-state index in [1.165, 1.54) is 12.3 Å². The summed E-state index contributed by atoms with van der Waals surface area (Å²) in [6, 6.07) is 1.40. The highest BCUT2D eigenvalue weighted by atomic mass is 19.1. The predicted octanol–water partition coefficient (Wildman–Crippen LogP) is 2.08. The molecule has 16 heavy (non-hydrogen) atoms. The van der Waals surface area contributed by atoms with Gasteiger partial charge in [0.2, 0.25) is 0 Å². The summed E-state index contributed by atoms with van der Waals surface area (Å²) in [5, 5.41) is 3.88. The molecule has 0 saturated carbocycles. The van der Waals surface area contributed by atoms with Crippen LogP contribution in [0.5, 0.6) is 0 Å². The zero-order valence-electron chi connectivity index (χ0n) is 8.76. The summed E-state index contributed by atoms with van der Waals surface area (Å²) in [6.45, 7) is 1.79. The SMILES string of the molecule is Fc1ccnc2[nH]cc(C3=CCCNC3)c12. The fourth-order valence-corrected chi connectivity index (χ4v) is 2.12. The summed E-state index contributed by atoms with van der Waals surface area (Å²) in [5.74, 6) is -0.215. The van der Waals surface area contributed by atoms with Crippen molar-refractivity contribution >= 4 is 16.6 Å². The molecular formula is C12H12FN3. The number of nitrogens with zero attached hydrogens (tertiary/aromatic N) is 1. The lowest BCUT2D eigenvalue weighted by Gasteiger charge is -2.13. The number of aromatic nitrogens is 2. The summed E-state index contributed by atoms with van der Waals surface area (Å²) in [4.78, 5) is 7.12. The van der Waals surface area contributed by atoms with Gasteiger partial charge in [-0.3, -0.25) is 0 Å². The maximum absolute atomic E-state index is 13.7. The van der Waals surface area contributed by atoms with E-state index in [1.807, 2.05) is 6.20 Å². The highest BCUT2D eigenvalue weighted by Crippen LogP contribution is 2.26. The molecule has 0 bridgehead atoms. The van der Waals surface area contributed by atoms with Crippen LogP contribution in [-0.4, -0.2) is 23.1 Å². The summed E-state index contributed by atoms with van der Waals surface area (Å²) in [5.41, 5.74) is 2.68. The Bertz CT molecular complexity index is 556. The van der Waals surface area contributed by atoms with E-state index in [-0.39, 0.29) is 5.82 Å². The van der Waals surface area contributed by atoms with Gasteiger partial charge in [-0.1, -0.05) is 6.08 Å². The quantitative estimate of drug-likeness (QED) is 0.767. The third-order valence-corrected chi connectivity index (χ3v) is 2.90. The number of aromatic amines is 1. The van der Waals surface area contributed by atoms with Crippen LogP contribution < -0.4 is 5.32 Å². The highest BCUT2D eigenvalue weighted by molar-refractivity contribution is 5.91. The molecule has 0 unspecified atom stereocenters. The van der Waals surface area contributed by atoms with Crippen molar-refractivity contribution in [1.82, 2.24) is 15.3 Å². The molecule has 3 nitrogen and oxygen atoms in total. The predicted molar refractivity (Wildman–Crippen MR) is 61.5 cm³/mol. The van der Waals surface area contributed by atoms with Crippen molar-refractivity contribution < 1.29 is 4.39 Å². The topological polar surface area (TPSA) is 40.7 Å². The van der Waals surface area contributed by atoms with Gasteiger partial charge in [-0.05, 0) is 24.6 Å². The number of H-pyrrole nitrogens is 1. The molecule has 3 heterocycles. The Morgan fingerprint density at radius 2 is 2.31 bits per heavy atom. The van der Waals surface area contributed by atoms with Gasteiger partial charge in [-0.25, -0.2) is 9.37 Å². The van der Waals surface area contributed by atoms with Crippen molar-refractivity contribution in [2.24, 2.45) is 0 Å². The third-order valence-electron chi connectivity index (χ3n) is 2.90. The number of hydrogen-bond donors (Lipinski definition) is 2. The summed E-state index contributed by atoms with van der Waals surface area (Å²) >= 11 is 0. The molecule has 0 fully saturated rings. The van der Waals surface area contributed by atoms with Gasteiger partial charge >= 0.3 is 0 Å². The first kappa shape index (κ1) is 9.54. The number of pyridine rings is 1. The summed E-state index contributed by atoms with van der Waals surface area (Å²) < 4.78 is 13.7. The van der Waals surface area contributed by atoms with Gasteiger partial charge in [0.25, 0.3) is 0 Å². The Balaban J connectivity index is 2.20. The summed E-state index contributed by atoms with van der Waals surface area (Å²) in [6.07, 6.45) is 6.46. The van der Waals surface area contributed by atoms with E-state index in [0.29, 0.717) is 11.0 Å². The van der Waals surface area contributed by atoms with Crippen molar-refractivity contribution in [2.45, 2.75) is 6.42 Å². The van der Waals surface area contributed by atoms with E-state index < -0.39 is 0 Å². The zero-order valence-corrected chi connectivity index (χ0v) is 8.76. The van der Waals surface area contributed by atoms with Crippen LogP contribution in [0.1, 0.15) is 12.0 Å². The molecule has 2 N–H and O–H groups in total.